The van der Waals surface area contributed by atoms with Crippen molar-refractivity contribution < 1.29 is 23.5 Å². The minimum atomic E-state index is -0.551. The van der Waals surface area contributed by atoms with Crippen molar-refractivity contribution >= 4 is 23.0 Å². The average Bonchev–Trinajstić information content (AvgIpc) is 3.35. The molecule has 0 spiro atoms. The molecule has 34 heavy (non-hydrogen) atoms. The summed E-state index contributed by atoms with van der Waals surface area (Å²) >= 11 is 0. The van der Waals surface area contributed by atoms with E-state index in [4.69, 9.17) is 13.9 Å². The Bertz CT molecular complexity index is 1190. The van der Waals surface area contributed by atoms with E-state index < -0.39 is 5.60 Å². The van der Waals surface area contributed by atoms with Crippen molar-refractivity contribution in [3.05, 3.63) is 64.9 Å². The van der Waals surface area contributed by atoms with Crippen LogP contribution in [0.3, 0.4) is 0 Å². The molecule has 1 saturated heterocycles. The summed E-state index contributed by atoms with van der Waals surface area (Å²) in [4.78, 5) is 27.1. The zero-order valence-corrected chi connectivity index (χ0v) is 20.4. The molecule has 2 aromatic carbocycles. The first-order chi connectivity index (χ1) is 16.1. The topological polar surface area (TPSA) is 81.0 Å². The standard InChI is InChI=1S/C27H32N2O5/c1-17-6-8-19(9-7-17)16-32-21-10-11-23-22(14-21)24(18(2)33-23)25(30)28-20-12-13-29(15-20)26(31)34-27(3,4)5/h6-11,14,20H,12-13,15-16H2,1-5H3,(H,28,30). The number of ether oxygens (including phenoxy) is 2. The Morgan fingerprint density at radius 1 is 1.12 bits per heavy atom. The monoisotopic (exact) mass is 464 g/mol. The van der Waals surface area contributed by atoms with Crippen LogP contribution in [0.1, 0.15) is 54.4 Å². The van der Waals surface area contributed by atoms with Gasteiger partial charge in [0.1, 0.15) is 29.3 Å². The van der Waals surface area contributed by atoms with Gasteiger partial charge in [0.25, 0.3) is 5.91 Å². The lowest BCUT2D eigenvalue weighted by molar-refractivity contribution is 0.0290. The SMILES string of the molecule is Cc1ccc(COc2ccc3oc(C)c(C(=O)NC4CCN(C(=O)OC(C)(C)C)C4)c3c2)cc1. The number of benzene rings is 2. The number of carbonyl (C=O) groups excluding carboxylic acids is 2. The lowest BCUT2D eigenvalue weighted by Crippen LogP contribution is -2.40. The van der Waals surface area contributed by atoms with E-state index in [1.807, 2.05) is 58.0 Å². The predicted molar refractivity (Wildman–Crippen MR) is 130 cm³/mol. The molecule has 0 radical (unpaired) electrons. The minimum Gasteiger partial charge on any atom is -0.489 e. The Morgan fingerprint density at radius 2 is 1.85 bits per heavy atom. The van der Waals surface area contributed by atoms with Gasteiger partial charge in [-0.05, 0) is 64.8 Å². The number of rotatable bonds is 5. The van der Waals surface area contributed by atoms with E-state index >= 15 is 0 Å². The molecule has 1 unspecified atom stereocenters. The summed E-state index contributed by atoms with van der Waals surface area (Å²) in [5.41, 5.74) is 2.84. The Labute approximate surface area is 200 Å². The third-order valence-corrected chi connectivity index (χ3v) is 5.76. The van der Waals surface area contributed by atoms with Crippen LogP contribution >= 0.6 is 0 Å². The molecule has 1 atom stereocenters. The Morgan fingerprint density at radius 3 is 2.56 bits per heavy atom. The van der Waals surface area contributed by atoms with Crippen molar-refractivity contribution in [3.8, 4) is 5.75 Å². The first-order valence-corrected chi connectivity index (χ1v) is 11.6. The van der Waals surface area contributed by atoms with E-state index in [-0.39, 0.29) is 18.0 Å². The number of carbonyl (C=O) groups is 2. The lowest BCUT2D eigenvalue weighted by atomic mass is 10.1. The van der Waals surface area contributed by atoms with Crippen LogP contribution in [-0.4, -0.2) is 41.6 Å². The quantitative estimate of drug-likeness (QED) is 0.549. The fourth-order valence-electron chi connectivity index (χ4n) is 4.05. The Kier molecular flexibility index (Phi) is 6.55. The number of furan rings is 1. The van der Waals surface area contributed by atoms with Gasteiger partial charge >= 0.3 is 6.09 Å². The van der Waals surface area contributed by atoms with Crippen LogP contribution in [-0.2, 0) is 11.3 Å². The maximum Gasteiger partial charge on any atom is 0.410 e. The number of hydrogen-bond acceptors (Lipinski definition) is 5. The molecule has 1 N–H and O–H groups in total. The molecule has 3 aromatic rings. The van der Waals surface area contributed by atoms with Gasteiger partial charge in [0, 0.05) is 24.5 Å². The van der Waals surface area contributed by atoms with Crippen molar-refractivity contribution in [2.24, 2.45) is 0 Å². The maximum atomic E-state index is 13.2. The van der Waals surface area contributed by atoms with Crippen LogP contribution < -0.4 is 10.1 Å². The number of nitrogens with zero attached hydrogens (tertiary/aromatic N) is 1. The van der Waals surface area contributed by atoms with Gasteiger partial charge in [0.2, 0.25) is 0 Å². The summed E-state index contributed by atoms with van der Waals surface area (Å²) in [7, 11) is 0. The van der Waals surface area contributed by atoms with Crippen LogP contribution in [0, 0.1) is 13.8 Å². The highest BCUT2D eigenvalue weighted by atomic mass is 16.6. The lowest BCUT2D eigenvalue weighted by Gasteiger charge is -2.24. The fourth-order valence-corrected chi connectivity index (χ4v) is 4.05. The number of aryl methyl sites for hydroxylation is 2. The van der Waals surface area contributed by atoms with E-state index in [1.54, 1.807) is 11.8 Å². The number of nitrogens with one attached hydrogen (secondary N) is 1. The minimum absolute atomic E-state index is 0.148. The van der Waals surface area contributed by atoms with Crippen molar-refractivity contribution in [2.75, 3.05) is 13.1 Å². The molecule has 1 aromatic heterocycles. The van der Waals surface area contributed by atoms with Gasteiger partial charge in [0.15, 0.2) is 0 Å². The fraction of sp³-hybridized carbons (Fsp3) is 0.407. The smallest absolute Gasteiger partial charge is 0.410 e. The molecule has 0 aliphatic carbocycles. The first kappa shape index (κ1) is 23.7. The third-order valence-electron chi connectivity index (χ3n) is 5.76. The summed E-state index contributed by atoms with van der Waals surface area (Å²) in [6.45, 7) is 10.7. The zero-order valence-electron chi connectivity index (χ0n) is 20.4. The van der Waals surface area contributed by atoms with Crippen LogP contribution in [0.15, 0.2) is 46.9 Å². The number of amides is 2. The number of hydrogen-bond donors (Lipinski definition) is 1. The van der Waals surface area contributed by atoms with E-state index in [1.165, 1.54) is 5.56 Å². The predicted octanol–water partition coefficient (Wildman–Crippen LogP) is 5.37. The molecule has 7 nitrogen and oxygen atoms in total. The van der Waals surface area contributed by atoms with Gasteiger partial charge in [-0.2, -0.15) is 0 Å². The average molecular weight is 465 g/mol. The van der Waals surface area contributed by atoms with E-state index in [0.29, 0.717) is 54.2 Å². The second kappa shape index (κ2) is 9.41. The molecule has 180 valence electrons. The molecule has 1 aliphatic rings. The van der Waals surface area contributed by atoms with Crippen molar-refractivity contribution in [3.63, 3.8) is 0 Å². The Hall–Kier alpha value is -3.48. The molecule has 2 heterocycles. The van der Waals surface area contributed by atoms with Gasteiger partial charge in [0.05, 0.1) is 5.56 Å². The highest BCUT2D eigenvalue weighted by Crippen LogP contribution is 2.30. The van der Waals surface area contributed by atoms with Crippen molar-refractivity contribution in [1.82, 2.24) is 10.2 Å². The van der Waals surface area contributed by atoms with Crippen LogP contribution in [0.2, 0.25) is 0 Å². The van der Waals surface area contributed by atoms with Crippen molar-refractivity contribution in [1.29, 1.82) is 0 Å². The molecular weight excluding hydrogens is 432 g/mol. The van der Waals surface area contributed by atoms with Crippen molar-refractivity contribution in [2.45, 2.75) is 59.3 Å². The van der Waals surface area contributed by atoms with Crippen LogP contribution in [0.25, 0.3) is 11.0 Å². The summed E-state index contributed by atoms with van der Waals surface area (Å²) < 4.78 is 17.2. The zero-order chi connectivity index (χ0) is 24.5. The molecule has 4 rings (SSSR count). The first-order valence-electron chi connectivity index (χ1n) is 11.6. The highest BCUT2D eigenvalue weighted by Gasteiger charge is 2.31. The van der Waals surface area contributed by atoms with E-state index in [2.05, 4.69) is 17.4 Å². The van der Waals surface area contributed by atoms with E-state index in [0.717, 1.165) is 5.56 Å². The molecule has 7 heteroatoms. The molecule has 0 saturated carbocycles. The summed E-state index contributed by atoms with van der Waals surface area (Å²) in [5, 5.41) is 3.76. The molecule has 0 bridgehead atoms. The normalized spacial score (nSPS) is 16.0. The van der Waals surface area contributed by atoms with Crippen LogP contribution in [0.4, 0.5) is 4.79 Å². The van der Waals surface area contributed by atoms with Gasteiger partial charge < -0.3 is 24.1 Å². The largest absolute Gasteiger partial charge is 0.489 e. The maximum absolute atomic E-state index is 13.2. The number of fused-ring (bicyclic) bond motifs is 1. The number of likely N-dealkylation sites (tertiary alicyclic amines) is 1. The molecular formula is C27H32N2O5. The second-order valence-corrected chi connectivity index (χ2v) is 9.85. The van der Waals surface area contributed by atoms with Crippen LogP contribution in [0.5, 0.6) is 5.75 Å². The molecule has 1 fully saturated rings. The van der Waals surface area contributed by atoms with Gasteiger partial charge in [-0.1, -0.05) is 29.8 Å². The highest BCUT2D eigenvalue weighted by molar-refractivity contribution is 6.07. The van der Waals surface area contributed by atoms with Gasteiger partial charge in [-0.3, -0.25) is 4.79 Å². The molecule has 1 aliphatic heterocycles. The van der Waals surface area contributed by atoms with Gasteiger partial charge in [-0.25, -0.2) is 4.79 Å². The summed E-state index contributed by atoms with van der Waals surface area (Å²) in [6, 6.07) is 13.5. The van der Waals surface area contributed by atoms with E-state index in [9.17, 15) is 9.59 Å². The summed E-state index contributed by atoms with van der Waals surface area (Å²) in [6.07, 6.45) is 0.314. The summed E-state index contributed by atoms with van der Waals surface area (Å²) in [5.74, 6) is 0.994. The third kappa shape index (κ3) is 5.53. The second-order valence-electron chi connectivity index (χ2n) is 9.85. The Balaban J connectivity index is 1.44. The van der Waals surface area contributed by atoms with Gasteiger partial charge in [-0.15, -0.1) is 0 Å². The molecule has 2 amide bonds.